The molecule has 0 heterocycles. The third kappa shape index (κ3) is 11.3. The fraction of sp³-hybridized carbons (Fsp3) is 0.833. The minimum Gasteiger partial charge on any atom is -0.377 e. The van der Waals surface area contributed by atoms with E-state index in [1.165, 1.54) is 0 Å². The van der Waals surface area contributed by atoms with Gasteiger partial charge in [-0.25, -0.2) is 0 Å². The van der Waals surface area contributed by atoms with Crippen molar-refractivity contribution >= 4 is 11.8 Å². The minimum atomic E-state index is 0.0292. The number of nitrogens with one attached hydrogen (secondary N) is 2. The number of ether oxygens (including phenoxy) is 2. The summed E-state index contributed by atoms with van der Waals surface area (Å²) in [6.07, 6.45) is 0.985. The molecule has 0 aromatic carbocycles. The van der Waals surface area contributed by atoms with Gasteiger partial charge in [-0.1, -0.05) is 13.8 Å². The molecule has 0 aromatic rings. The highest BCUT2D eigenvalue weighted by atomic mass is 16.5. The van der Waals surface area contributed by atoms with Gasteiger partial charge in [-0.05, 0) is 0 Å². The van der Waals surface area contributed by atoms with Crippen LogP contribution in [-0.2, 0) is 19.1 Å². The first-order valence-corrected chi connectivity index (χ1v) is 6.39. The zero-order chi connectivity index (χ0) is 13.6. The molecule has 2 amide bonds. The molecule has 0 aliphatic heterocycles. The van der Waals surface area contributed by atoms with Crippen LogP contribution in [0.3, 0.4) is 0 Å². The Morgan fingerprint density at radius 1 is 0.778 bits per heavy atom. The number of amides is 2. The Kier molecular flexibility index (Phi) is 11.5. The highest BCUT2D eigenvalue weighted by Gasteiger charge is 1.96. The number of hydrogen-bond donors (Lipinski definition) is 2. The molecule has 6 nitrogen and oxygen atoms in total. The molecule has 0 saturated heterocycles. The van der Waals surface area contributed by atoms with Crippen molar-refractivity contribution < 1.29 is 19.1 Å². The zero-order valence-corrected chi connectivity index (χ0v) is 11.3. The molecule has 0 atom stereocenters. The third-order valence-electron chi connectivity index (χ3n) is 2.15. The van der Waals surface area contributed by atoms with E-state index in [2.05, 4.69) is 10.6 Å². The van der Waals surface area contributed by atoms with E-state index in [0.717, 1.165) is 0 Å². The summed E-state index contributed by atoms with van der Waals surface area (Å²) in [5.74, 6) is 0.0584. The summed E-state index contributed by atoms with van der Waals surface area (Å²) in [4.78, 5) is 21.7. The van der Waals surface area contributed by atoms with Gasteiger partial charge >= 0.3 is 0 Å². The molecule has 0 unspecified atom stereocenters. The molecular formula is C12H24N2O4. The Labute approximate surface area is 108 Å². The lowest BCUT2D eigenvalue weighted by Crippen LogP contribution is -2.27. The Balaban J connectivity index is 3.07. The summed E-state index contributed by atoms with van der Waals surface area (Å²) in [6.45, 7) is 6.62. The summed E-state index contributed by atoms with van der Waals surface area (Å²) in [6, 6.07) is 0. The molecule has 6 heteroatoms. The molecule has 2 N–H and O–H groups in total. The molecule has 0 spiro atoms. The van der Waals surface area contributed by atoms with Crippen LogP contribution in [0.5, 0.6) is 0 Å². The van der Waals surface area contributed by atoms with Gasteiger partial charge in [0.1, 0.15) is 0 Å². The number of carbonyl (C=O) groups excluding carboxylic acids is 2. The fourth-order valence-corrected chi connectivity index (χ4v) is 1.10. The highest BCUT2D eigenvalue weighted by molar-refractivity contribution is 5.75. The lowest BCUT2D eigenvalue weighted by atomic mass is 10.4. The van der Waals surface area contributed by atoms with E-state index in [4.69, 9.17) is 9.47 Å². The maximum absolute atomic E-state index is 10.9. The van der Waals surface area contributed by atoms with Crippen molar-refractivity contribution in [3.8, 4) is 0 Å². The minimum absolute atomic E-state index is 0.0292. The number of carbonyl (C=O) groups is 2. The van der Waals surface area contributed by atoms with Crippen molar-refractivity contribution in [1.29, 1.82) is 0 Å². The second-order valence-electron chi connectivity index (χ2n) is 3.63. The van der Waals surface area contributed by atoms with Gasteiger partial charge in [0.25, 0.3) is 0 Å². The van der Waals surface area contributed by atoms with Crippen molar-refractivity contribution in [3.05, 3.63) is 0 Å². The topological polar surface area (TPSA) is 76.7 Å². The summed E-state index contributed by atoms with van der Waals surface area (Å²) in [5.41, 5.74) is 0. The van der Waals surface area contributed by atoms with Crippen LogP contribution in [-0.4, -0.2) is 51.3 Å². The molecule has 0 saturated carbocycles. The van der Waals surface area contributed by atoms with Crippen LogP contribution in [0.15, 0.2) is 0 Å². The second kappa shape index (κ2) is 12.3. The fourth-order valence-electron chi connectivity index (χ4n) is 1.10. The van der Waals surface area contributed by atoms with Gasteiger partial charge in [-0.2, -0.15) is 0 Å². The van der Waals surface area contributed by atoms with Gasteiger partial charge in [-0.15, -0.1) is 0 Å². The van der Waals surface area contributed by atoms with E-state index in [0.29, 0.717) is 52.4 Å². The lowest BCUT2D eigenvalue weighted by molar-refractivity contribution is -0.122. The van der Waals surface area contributed by atoms with Gasteiger partial charge < -0.3 is 20.1 Å². The lowest BCUT2D eigenvalue weighted by Gasteiger charge is -2.07. The quantitative estimate of drug-likeness (QED) is 0.516. The van der Waals surface area contributed by atoms with E-state index in [9.17, 15) is 9.59 Å². The molecule has 18 heavy (non-hydrogen) atoms. The Morgan fingerprint density at radius 2 is 1.17 bits per heavy atom. The SMILES string of the molecule is CCC(=O)NCCOCCOCCNC(=O)CC. The van der Waals surface area contributed by atoms with Crippen LogP contribution in [0.1, 0.15) is 26.7 Å². The monoisotopic (exact) mass is 260 g/mol. The van der Waals surface area contributed by atoms with E-state index in [-0.39, 0.29) is 11.8 Å². The standard InChI is InChI=1S/C12H24N2O4/c1-3-11(15)13-5-7-17-9-10-18-8-6-14-12(16)4-2/h3-10H2,1-2H3,(H,13,15)(H,14,16). The average molecular weight is 260 g/mol. The molecule has 0 radical (unpaired) electrons. The van der Waals surface area contributed by atoms with Crippen LogP contribution in [0.2, 0.25) is 0 Å². The molecule has 0 aliphatic rings. The molecule has 0 bridgehead atoms. The highest BCUT2D eigenvalue weighted by Crippen LogP contribution is 1.80. The van der Waals surface area contributed by atoms with Gasteiger partial charge in [-0.3, -0.25) is 9.59 Å². The van der Waals surface area contributed by atoms with Crippen LogP contribution in [0, 0.1) is 0 Å². The van der Waals surface area contributed by atoms with Crippen LogP contribution in [0.4, 0.5) is 0 Å². The van der Waals surface area contributed by atoms with Crippen molar-refractivity contribution in [1.82, 2.24) is 10.6 Å². The van der Waals surface area contributed by atoms with Gasteiger partial charge in [0.15, 0.2) is 0 Å². The van der Waals surface area contributed by atoms with Crippen molar-refractivity contribution in [2.24, 2.45) is 0 Å². The summed E-state index contributed by atoms with van der Waals surface area (Å²) in [5, 5.41) is 5.42. The first kappa shape index (κ1) is 16.9. The first-order valence-electron chi connectivity index (χ1n) is 6.39. The van der Waals surface area contributed by atoms with Gasteiger partial charge in [0, 0.05) is 25.9 Å². The third-order valence-corrected chi connectivity index (χ3v) is 2.15. The van der Waals surface area contributed by atoms with Crippen molar-refractivity contribution in [3.63, 3.8) is 0 Å². The summed E-state index contributed by atoms with van der Waals surface area (Å²) < 4.78 is 10.5. The summed E-state index contributed by atoms with van der Waals surface area (Å²) >= 11 is 0. The van der Waals surface area contributed by atoms with Gasteiger partial charge in [0.2, 0.25) is 11.8 Å². The van der Waals surface area contributed by atoms with Crippen molar-refractivity contribution in [2.75, 3.05) is 39.5 Å². The number of hydrogen-bond acceptors (Lipinski definition) is 4. The predicted octanol–water partition coefficient (Wildman–Crippen LogP) is 0.0720. The molecular weight excluding hydrogens is 236 g/mol. The molecule has 0 fully saturated rings. The Morgan fingerprint density at radius 3 is 1.50 bits per heavy atom. The van der Waals surface area contributed by atoms with Crippen LogP contribution >= 0.6 is 0 Å². The Bertz CT molecular complexity index is 210. The predicted molar refractivity (Wildman–Crippen MR) is 68.2 cm³/mol. The van der Waals surface area contributed by atoms with Crippen molar-refractivity contribution in [2.45, 2.75) is 26.7 Å². The van der Waals surface area contributed by atoms with E-state index >= 15 is 0 Å². The van der Waals surface area contributed by atoms with Crippen LogP contribution in [0.25, 0.3) is 0 Å². The summed E-state index contributed by atoms with van der Waals surface area (Å²) in [7, 11) is 0. The van der Waals surface area contributed by atoms with E-state index < -0.39 is 0 Å². The second-order valence-corrected chi connectivity index (χ2v) is 3.63. The smallest absolute Gasteiger partial charge is 0.219 e. The normalized spacial score (nSPS) is 10.1. The molecule has 0 rings (SSSR count). The largest absolute Gasteiger partial charge is 0.377 e. The maximum Gasteiger partial charge on any atom is 0.219 e. The number of rotatable bonds is 11. The maximum atomic E-state index is 10.9. The Hall–Kier alpha value is -1.14. The van der Waals surface area contributed by atoms with E-state index in [1.54, 1.807) is 13.8 Å². The van der Waals surface area contributed by atoms with Crippen LogP contribution < -0.4 is 10.6 Å². The average Bonchev–Trinajstić information content (AvgIpc) is 2.40. The first-order chi connectivity index (χ1) is 8.70. The zero-order valence-electron chi connectivity index (χ0n) is 11.3. The van der Waals surface area contributed by atoms with Gasteiger partial charge in [0.05, 0.1) is 26.4 Å². The molecule has 0 aromatic heterocycles. The van der Waals surface area contributed by atoms with E-state index in [1.807, 2.05) is 0 Å². The molecule has 0 aliphatic carbocycles. The molecule has 106 valence electrons.